The van der Waals surface area contributed by atoms with Gasteiger partial charge in [-0.05, 0) is 52.2 Å². The van der Waals surface area contributed by atoms with Crippen LogP contribution in [-0.2, 0) is 30.1 Å². The normalized spacial score (nSPS) is 11.9. The lowest BCUT2D eigenvalue weighted by Gasteiger charge is -2.36. The molecule has 228 valence electrons. The van der Waals surface area contributed by atoms with Gasteiger partial charge in [0.25, 0.3) is 0 Å². The van der Waals surface area contributed by atoms with Crippen LogP contribution in [0.4, 0.5) is 13.2 Å². The highest BCUT2D eigenvalue weighted by Crippen LogP contribution is 2.42. The van der Waals surface area contributed by atoms with Gasteiger partial charge in [0.1, 0.15) is 23.6 Å². The molecule has 8 nitrogen and oxygen atoms in total. The number of halogens is 3. The summed E-state index contributed by atoms with van der Waals surface area (Å²) in [7, 11) is 1.50. The lowest BCUT2D eigenvalue weighted by molar-refractivity contribution is -0.136. The summed E-state index contributed by atoms with van der Waals surface area (Å²) in [6.07, 6.45) is -4.66. The van der Waals surface area contributed by atoms with Gasteiger partial charge in [0.15, 0.2) is 5.82 Å². The van der Waals surface area contributed by atoms with Crippen molar-refractivity contribution in [3.8, 4) is 5.75 Å². The summed E-state index contributed by atoms with van der Waals surface area (Å²) in [4.78, 5) is 12.6. The second kappa shape index (κ2) is 11.9. The van der Waals surface area contributed by atoms with Crippen molar-refractivity contribution in [1.29, 1.82) is 0 Å². The minimum atomic E-state index is -4.66. The second-order valence-corrected chi connectivity index (χ2v) is 10.3. The number of nitrogens with zero attached hydrogens (tertiary/aromatic N) is 5. The maximum Gasteiger partial charge on any atom is 0.417 e. The molecule has 0 aliphatic rings. The van der Waals surface area contributed by atoms with Crippen molar-refractivity contribution >= 4 is 16.9 Å². The van der Waals surface area contributed by atoms with Crippen LogP contribution in [0, 0.1) is 0 Å². The molecule has 6 rings (SSSR count). The van der Waals surface area contributed by atoms with Gasteiger partial charge in [-0.25, -0.2) is 9.48 Å². The monoisotopic (exact) mass is 611 g/mol. The Morgan fingerprint density at radius 2 is 1.38 bits per heavy atom. The third-order valence-corrected chi connectivity index (χ3v) is 7.73. The first kappa shape index (κ1) is 29.6. The molecule has 0 radical (unpaired) electrons. The van der Waals surface area contributed by atoms with E-state index in [4.69, 9.17) is 9.47 Å². The van der Waals surface area contributed by atoms with Crippen molar-refractivity contribution in [3.05, 3.63) is 143 Å². The van der Waals surface area contributed by atoms with E-state index in [9.17, 15) is 18.0 Å². The summed E-state index contributed by atoms with van der Waals surface area (Å²) in [5.74, 6) is -0.299. The van der Waals surface area contributed by atoms with Gasteiger partial charge in [0.05, 0.1) is 17.7 Å². The summed E-state index contributed by atoms with van der Waals surface area (Å²) in [5.41, 5.74) is 0.792. The molecular weight excluding hydrogens is 583 g/mol. The zero-order valence-electron chi connectivity index (χ0n) is 24.4. The zero-order valence-corrected chi connectivity index (χ0v) is 24.4. The molecule has 0 bridgehead atoms. The van der Waals surface area contributed by atoms with E-state index in [2.05, 4.69) is 15.5 Å². The molecule has 2 heterocycles. The average molecular weight is 612 g/mol. The van der Waals surface area contributed by atoms with E-state index in [1.165, 1.54) is 23.7 Å². The van der Waals surface area contributed by atoms with Crippen LogP contribution in [0.2, 0.25) is 0 Å². The van der Waals surface area contributed by atoms with E-state index in [0.29, 0.717) is 5.82 Å². The van der Waals surface area contributed by atoms with Crippen molar-refractivity contribution in [3.63, 3.8) is 0 Å². The molecule has 0 saturated carbocycles. The molecule has 0 amide bonds. The van der Waals surface area contributed by atoms with Crippen LogP contribution in [-0.4, -0.2) is 37.4 Å². The predicted octanol–water partition coefficient (Wildman–Crippen LogP) is 6.78. The number of esters is 1. The Morgan fingerprint density at radius 1 is 0.822 bits per heavy atom. The van der Waals surface area contributed by atoms with E-state index in [-0.39, 0.29) is 35.6 Å². The Morgan fingerprint density at radius 3 is 1.89 bits per heavy atom. The Hall–Kier alpha value is -5.45. The first-order chi connectivity index (χ1) is 21.8. The van der Waals surface area contributed by atoms with Gasteiger partial charge in [-0.15, -0.1) is 5.10 Å². The maximum absolute atomic E-state index is 14.0. The standard InChI is InChI=1S/C34H28F3N5O3/c1-3-44-32(43)28-21-26-27(34(35,36)37)19-20-29(31(26)41(28)2)45-22-30-38-39-40-42(30)33(23-13-7-4-8-14-23,24-15-9-5-10-16-24)25-17-11-6-12-18-25/h4-21H,3,22H2,1-2H3. The van der Waals surface area contributed by atoms with Crippen molar-refractivity contribution in [2.45, 2.75) is 25.2 Å². The fourth-order valence-corrected chi connectivity index (χ4v) is 5.80. The Bertz CT molecular complexity index is 1840. The van der Waals surface area contributed by atoms with E-state index >= 15 is 0 Å². The number of hydrogen-bond acceptors (Lipinski definition) is 6. The van der Waals surface area contributed by atoms with E-state index in [1.807, 2.05) is 91.0 Å². The molecule has 0 aliphatic heterocycles. The molecule has 0 spiro atoms. The molecule has 0 fully saturated rings. The molecule has 45 heavy (non-hydrogen) atoms. The number of aromatic nitrogens is 5. The lowest BCUT2D eigenvalue weighted by Crippen LogP contribution is -2.40. The number of benzene rings is 4. The highest BCUT2D eigenvalue weighted by molar-refractivity contribution is 5.99. The quantitative estimate of drug-likeness (QED) is 0.132. The number of tetrazole rings is 1. The summed E-state index contributed by atoms with van der Waals surface area (Å²) < 4.78 is 56.4. The molecule has 0 aliphatic carbocycles. The number of rotatable bonds is 9. The smallest absolute Gasteiger partial charge is 0.417 e. The molecule has 0 saturated heterocycles. The van der Waals surface area contributed by atoms with E-state index < -0.39 is 23.2 Å². The summed E-state index contributed by atoms with van der Waals surface area (Å²) >= 11 is 0. The largest absolute Gasteiger partial charge is 0.483 e. The van der Waals surface area contributed by atoms with Gasteiger partial charge >= 0.3 is 12.1 Å². The van der Waals surface area contributed by atoms with Gasteiger partial charge in [0.2, 0.25) is 0 Å². The number of aryl methyl sites for hydroxylation is 1. The molecule has 4 aromatic carbocycles. The highest BCUT2D eigenvalue weighted by atomic mass is 19.4. The second-order valence-electron chi connectivity index (χ2n) is 10.3. The zero-order chi connectivity index (χ0) is 31.6. The summed E-state index contributed by atoms with van der Waals surface area (Å²) in [5, 5.41) is 12.6. The van der Waals surface area contributed by atoms with Gasteiger partial charge < -0.3 is 14.0 Å². The number of fused-ring (bicyclic) bond motifs is 1. The summed E-state index contributed by atoms with van der Waals surface area (Å²) in [6.45, 7) is 1.51. The minimum absolute atomic E-state index is 0.0329. The van der Waals surface area contributed by atoms with Crippen LogP contribution in [0.1, 0.15) is 45.5 Å². The highest BCUT2D eigenvalue weighted by Gasteiger charge is 2.42. The SMILES string of the molecule is CCOC(=O)c1cc2c(C(F)(F)F)ccc(OCc3nnnn3C(c3ccccc3)(c3ccccc3)c3ccccc3)c2n1C. The number of hydrogen-bond donors (Lipinski definition) is 0. The molecule has 0 atom stereocenters. The van der Waals surface area contributed by atoms with Crippen molar-refractivity contribution < 1.29 is 27.4 Å². The topological polar surface area (TPSA) is 84.1 Å². The molecule has 11 heteroatoms. The van der Waals surface area contributed by atoms with Crippen LogP contribution in [0.25, 0.3) is 10.9 Å². The molecule has 0 unspecified atom stereocenters. The first-order valence-corrected chi connectivity index (χ1v) is 14.2. The van der Waals surface area contributed by atoms with Gasteiger partial charge in [-0.2, -0.15) is 13.2 Å². The third-order valence-electron chi connectivity index (χ3n) is 7.73. The molecule has 0 N–H and O–H groups in total. The van der Waals surface area contributed by atoms with Gasteiger partial charge in [-0.1, -0.05) is 91.0 Å². The Kier molecular flexibility index (Phi) is 7.84. The van der Waals surface area contributed by atoms with Crippen LogP contribution in [0.15, 0.2) is 109 Å². The van der Waals surface area contributed by atoms with Crippen molar-refractivity contribution in [2.24, 2.45) is 7.05 Å². The Labute approximate surface area is 256 Å². The number of carbonyl (C=O) groups excluding carboxylic acids is 1. The first-order valence-electron chi connectivity index (χ1n) is 14.2. The van der Waals surface area contributed by atoms with E-state index in [0.717, 1.165) is 22.8 Å². The third kappa shape index (κ3) is 5.20. The maximum atomic E-state index is 14.0. The molecule has 2 aromatic heterocycles. The van der Waals surface area contributed by atoms with Gasteiger partial charge in [0, 0.05) is 12.4 Å². The lowest BCUT2D eigenvalue weighted by atomic mass is 9.77. The number of alkyl halides is 3. The van der Waals surface area contributed by atoms with Crippen LogP contribution in [0.3, 0.4) is 0 Å². The molecular formula is C34H28F3N5O3. The van der Waals surface area contributed by atoms with Crippen molar-refractivity contribution in [2.75, 3.05) is 6.61 Å². The van der Waals surface area contributed by atoms with Gasteiger partial charge in [-0.3, -0.25) is 0 Å². The minimum Gasteiger partial charge on any atom is -0.483 e. The fraction of sp³-hybridized carbons (Fsp3) is 0.176. The Balaban J connectivity index is 1.50. The van der Waals surface area contributed by atoms with Crippen molar-refractivity contribution in [1.82, 2.24) is 24.8 Å². The predicted molar refractivity (Wildman–Crippen MR) is 161 cm³/mol. The summed E-state index contributed by atoms with van der Waals surface area (Å²) in [6, 6.07) is 32.7. The van der Waals surface area contributed by atoms with E-state index in [1.54, 1.807) is 11.6 Å². The van der Waals surface area contributed by atoms with Crippen LogP contribution in [0.5, 0.6) is 5.75 Å². The average Bonchev–Trinajstić information content (AvgIpc) is 3.66. The fourth-order valence-electron chi connectivity index (χ4n) is 5.80. The van der Waals surface area contributed by atoms with Crippen LogP contribution < -0.4 is 4.74 Å². The number of ether oxygens (including phenoxy) is 2. The van der Waals surface area contributed by atoms with Crippen LogP contribution >= 0.6 is 0 Å². The number of carbonyl (C=O) groups is 1. The molecule has 6 aromatic rings.